The molecule has 116 valence electrons. The molecule has 0 radical (unpaired) electrons. The van der Waals surface area contributed by atoms with Crippen molar-refractivity contribution in [3.8, 4) is 0 Å². The quantitative estimate of drug-likeness (QED) is 0.474. The van der Waals surface area contributed by atoms with Crippen LogP contribution in [0.2, 0.25) is 0 Å². The number of H-pyrrole nitrogens is 1. The van der Waals surface area contributed by atoms with E-state index in [1.54, 1.807) is 13.8 Å². The molecule has 6 nitrogen and oxygen atoms in total. The Labute approximate surface area is 123 Å². The smallest absolute Gasteiger partial charge is 0.355 e. The lowest BCUT2D eigenvalue weighted by Crippen LogP contribution is -2.17. The number of carbonyl (C=O) groups excluding carboxylic acids is 3. The van der Waals surface area contributed by atoms with Gasteiger partial charge in [0.05, 0.1) is 6.61 Å². The fourth-order valence-electron chi connectivity index (χ4n) is 2.05. The van der Waals surface area contributed by atoms with Gasteiger partial charge >= 0.3 is 11.9 Å². The predicted molar refractivity (Wildman–Crippen MR) is 76.4 cm³/mol. The molecule has 0 fully saturated rings. The summed E-state index contributed by atoms with van der Waals surface area (Å²) >= 11 is 0. The van der Waals surface area contributed by atoms with Crippen LogP contribution >= 0.6 is 0 Å². The lowest BCUT2D eigenvalue weighted by Gasteiger charge is -2.05. The number of hydrogen-bond acceptors (Lipinski definition) is 5. The first-order valence-electron chi connectivity index (χ1n) is 6.91. The summed E-state index contributed by atoms with van der Waals surface area (Å²) in [5.41, 5.74) is 1.81. The average molecular weight is 295 g/mol. The van der Waals surface area contributed by atoms with Gasteiger partial charge in [-0.1, -0.05) is 13.3 Å². The van der Waals surface area contributed by atoms with Crippen molar-refractivity contribution in [1.82, 2.24) is 4.98 Å². The first kappa shape index (κ1) is 16.9. The molecule has 0 atom stereocenters. The second-order valence-corrected chi connectivity index (χ2v) is 4.83. The molecule has 0 aliphatic rings. The van der Waals surface area contributed by atoms with Crippen LogP contribution in [0.15, 0.2) is 0 Å². The monoisotopic (exact) mass is 295 g/mol. The largest absolute Gasteiger partial charge is 0.463 e. The lowest BCUT2D eigenvalue weighted by molar-refractivity contribution is -0.147. The zero-order chi connectivity index (χ0) is 16.0. The van der Waals surface area contributed by atoms with Crippen molar-refractivity contribution >= 4 is 17.7 Å². The van der Waals surface area contributed by atoms with Gasteiger partial charge in [-0.2, -0.15) is 0 Å². The molecule has 0 aliphatic heterocycles. The van der Waals surface area contributed by atoms with Gasteiger partial charge in [-0.05, 0) is 32.8 Å². The highest BCUT2D eigenvalue weighted by atomic mass is 16.6. The van der Waals surface area contributed by atoms with Gasteiger partial charge < -0.3 is 14.5 Å². The Hall–Kier alpha value is -2.11. The second-order valence-electron chi connectivity index (χ2n) is 4.83. The molecule has 0 aromatic carbocycles. The van der Waals surface area contributed by atoms with E-state index in [0.29, 0.717) is 23.4 Å². The van der Waals surface area contributed by atoms with Crippen molar-refractivity contribution in [2.24, 2.45) is 0 Å². The molecule has 1 rings (SSSR count). The average Bonchev–Trinajstić information content (AvgIpc) is 2.71. The Kier molecular flexibility index (Phi) is 6.14. The Morgan fingerprint density at radius 1 is 1.14 bits per heavy atom. The minimum absolute atomic E-state index is 0.126. The number of aromatic nitrogens is 1. The number of aromatic amines is 1. The molecule has 1 N–H and O–H groups in total. The standard InChI is InChI=1S/C15H21NO5/c1-5-6-7-20-12(18)8-21-15(19)14-9(2)13(11(4)17)10(3)16-14/h16H,5-8H2,1-4H3. The van der Waals surface area contributed by atoms with E-state index in [4.69, 9.17) is 9.47 Å². The molecule has 0 aliphatic carbocycles. The number of unbranched alkanes of at least 4 members (excludes halogenated alkanes) is 1. The third-order valence-electron chi connectivity index (χ3n) is 3.08. The molecule has 1 aromatic rings. The molecule has 1 heterocycles. The van der Waals surface area contributed by atoms with Crippen LogP contribution in [-0.2, 0) is 14.3 Å². The van der Waals surface area contributed by atoms with Gasteiger partial charge in [-0.15, -0.1) is 0 Å². The van der Waals surface area contributed by atoms with E-state index in [1.807, 2.05) is 6.92 Å². The fourth-order valence-corrected chi connectivity index (χ4v) is 2.05. The second kappa shape index (κ2) is 7.61. The van der Waals surface area contributed by atoms with Crippen LogP contribution in [0, 0.1) is 13.8 Å². The number of carbonyl (C=O) groups is 3. The van der Waals surface area contributed by atoms with E-state index in [9.17, 15) is 14.4 Å². The molecule has 6 heteroatoms. The summed E-state index contributed by atoms with van der Waals surface area (Å²) in [5, 5.41) is 0. The number of ether oxygens (including phenoxy) is 2. The zero-order valence-electron chi connectivity index (χ0n) is 12.9. The number of esters is 2. The van der Waals surface area contributed by atoms with Crippen LogP contribution in [0.1, 0.15) is 58.8 Å². The fraction of sp³-hybridized carbons (Fsp3) is 0.533. The third-order valence-corrected chi connectivity index (χ3v) is 3.08. The number of rotatable bonds is 7. The first-order chi connectivity index (χ1) is 9.88. The van der Waals surface area contributed by atoms with E-state index in [2.05, 4.69) is 4.98 Å². The highest BCUT2D eigenvalue weighted by molar-refractivity contribution is 6.01. The van der Waals surface area contributed by atoms with Gasteiger partial charge in [0, 0.05) is 11.3 Å². The van der Waals surface area contributed by atoms with Crippen LogP contribution in [0.4, 0.5) is 0 Å². The summed E-state index contributed by atoms with van der Waals surface area (Å²) in [6, 6.07) is 0. The van der Waals surface area contributed by atoms with Crippen molar-refractivity contribution < 1.29 is 23.9 Å². The van der Waals surface area contributed by atoms with Crippen molar-refractivity contribution in [2.45, 2.75) is 40.5 Å². The lowest BCUT2D eigenvalue weighted by atomic mass is 10.1. The van der Waals surface area contributed by atoms with E-state index >= 15 is 0 Å². The van der Waals surface area contributed by atoms with Crippen LogP contribution in [0.5, 0.6) is 0 Å². The number of Topliss-reactive ketones (excluding diaryl/α,β-unsaturated/α-hetero) is 1. The van der Waals surface area contributed by atoms with E-state index < -0.39 is 18.5 Å². The van der Waals surface area contributed by atoms with Crippen molar-refractivity contribution in [2.75, 3.05) is 13.2 Å². The van der Waals surface area contributed by atoms with E-state index in [1.165, 1.54) is 6.92 Å². The van der Waals surface area contributed by atoms with E-state index in [-0.39, 0.29) is 11.5 Å². The van der Waals surface area contributed by atoms with Gasteiger partial charge in [0.2, 0.25) is 0 Å². The van der Waals surface area contributed by atoms with Gasteiger partial charge in [0.25, 0.3) is 0 Å². The Bertz CT molecular complexity index is 545. The summed E-state index contributed by atoms with van der Waals surface area (Å²) in [6.07, 6.45) is 1.69. The van der Waals surface area contributed by atoms with Crippen molar-refractivity contribution in [3.05, 3.63) is 22.5 Å². The highest BCUT2D eigenvalue weighted by Gasteiger charge is 2.21. The van der Waals surface area contributed by atoms with Crippen LogP contribution in [0.25, 0.3) is 0 Å². The predicted octanol–water partition coefficient (Wildman–Crippen LogP) is 2.33. The van der Waals surface area contributed by atoms with E-state index in [0.717, 1.165) is 12.8 Å². The Morgan fingerprint density at radius 3 is 2.33 bits per heavy atom. The topological polar surface area (TPSA) is 85.5 Å². The molecule has 0 bridgehead atoms. The van der Waals surface area contributed by atoms with Gasteiger partial charge in [-0.3, -0.25) is 4.79 Å². The number of hydrogen-bond donors (Lipinski definition) is 1. The molecule has 0 saturated carbocycles. The third kappa shape index (κ3) is 4.44. The number of aryl methyl sites for hydroxylation is 1. The Balaban J connectivity index is 2.63. The summed E-state index contributed by atoms with van der Waals surface area (Å²) in [7, 11) is 0. The SMILES string of the molecule is CCCCOC(=O)COC(=O)c1[nH]c(C)c(C(C)=O)c1C. The maximum absolute atomic E-state index is 11.9. The molecule has 21 heavy (non-hydrogen) atoms. The van der Waals surface area contributed by atoms with Gasteiger partial charge in [0.15, 0.2) is 12.4 Å². The van der Waals surface area contributed by atoms with Gasteiger partial charge in [-0.25, -0.2) is 9.59 Å². The minimum Gasteiger partial charge on any atom is -0.463 e. The van der Waals surface area contributed by atoms with Gasteiger partial charge in [0.1, 0.15) is 5.69 Å². The highest BCUT2D eigenvalue weighted by Crippen LogP contribution is 2.19. The van der Waals surface area contributed by atoms with Crippen LogP contribution in [-0.4, -0.2) is 35.9 Å². The molecule has 1 aromatic heterocycles. The molecule has 0 spiro atoms. The van der Waals surface area contributed by atoms with Crippen molar-refractivity contribution in [3.63, 3.8) is 0 Å². The number of ketones is 1. The summed E-state index contributed by atoms with van der Waals surface area (Å²) in [6.45, 7) is 6.67. The molecule has 0 amide bonds. The van der Waals surface area contributed by atoms with Crippen molar-refractivity contribution in [1.29, 1.82) is 0 Å². The van der Waals surface area contributed by atoms with Crippen LogP contribution < -0.4 is 0 Å². The first-order valence-corrected chi connectivity index (χ1v) is 6.91. The molecule has 0 saturated heterocycles. The minimum atomic E-state index is -0.671. The summed E-state index contributed by atoms with van der Waals surface area (Å²) in [5.74, 6) is -1.38. The maximum atomic E-state index is 11.9. The Morgan fingerprint density at radius 2 is 1.81 bits per heavy atom. The molecular weight excluding hydrogens is 274 g/mol. The molecular formula is C15H21NO5. The molecule has 0 unspecified atom stereocenters. The number of nitrogens with one attached hydrogen (secondary N) is 1. The summed E-state index contributed by atoms with van der Waals surface area (Å²) in [4.78, 5) is 37.6. The van der Waals surface area contributed by atoms with Crippen LogP contribution in [0.3, 0.4) is 0 Å². The maximum Gasteiger partial charge on any atom is 0.355 e. The summed E-state index contributed by atoms with van der Waals surface area (Å²) < 4.78 is 9.78. The zero-order valence-corrected chi connectivity index (χ0v) is 12.9. The normalized spacial score (nSPS) is 10.3.